The number of rotatable bonds is 3. The van der Waals surface area contributed by atoms with Gasteiger partial charge in [-0.15, -0.1) is 0 Å². The Balaban J connectivity index is 1.81. The monoisotopic (exact) mass is 297 g/mol. The molecule has 1 amide bonds. The van der Waals surface area contributed by atoms with Crippen molar-refractivity contribution in [3.8, 4) is 0 Å². The van der Waals surface area contributed by atoms with Crippen LogP contribution < -0.4 is 0 Å². The molecule has 1 fully saturated rings. The van der Waals surface area contributed by atoms with E-state index in [1.165, 1.54) is 0 Å². The predicted octanol–water partition coefficient (Wildman–Crippen LogP) is 2.70. The molecule has 22 heavy (non-hydrogen) atoms. The zero-order chi connectivity index (χ0) is 15.7. The normalized spacial score (nSPS) is 21.2. The lowest BCUT2D eigenvalue weighted by atomic mass is 10.0. The van der Waals surface area contributed by atoms with Crippen molar-refractivity contribution >= 4 is 22.6 Å². The van der Waals surface area contributed by atoms with Crippen LogP contribution in [0.1, 0.15) is 18.9 Å². The standard InChI is InChI=1S/C18H19NO3/c1-12-15(18(21)22)9-10-19(12)17(20)11-14-7-4-6-13-5-2-3-8-16(13)14/h2-8,12,15H,9-11H2,1H3,(H,21,22). The molecule has 0 saturated carbocycles. The van der Waals surface area contributed by atoms with Crippen LogP contribution in [-0.2, 0) is 16.0 Å². The third kappa shape index (κ3) is 2.56. The summed E-state index contributed by atoms with van der Waals surface area (Å²) < 4.78 is 0. The lowest BCUT2D eigenvalue weighted by molar-refractivity contribution is -0.143. The van der Waals surface area contributed by atoms with Gasteiger partial charge in [-0.2, -0.15) is 0 Å². The van der Waals surface area contributed by atoms with Gasteiger partial charge in [0.25, 0.3) is 0 Å². The number of carboxylic acid groups (broad SMARTS) is 1. The Hall–Kier alpha value is -2.36. The van der Waals surface area contributed by atoms with Crippen LogP contribution in [0.3, 0.4) is 0 Å². The van der Waals surface area contributed by atoms with Gasteiger partial charge in [0.2, 0.25) is 5.91 Å². The van der Waals surface area contributed by atoms with Gasteiger partial charge < -0.3 is 10.0 Å². The minimum Gasteiger partial charge on any atom is -0.481 e. The van der Waals surface area contributed by atoms with Crippen molar-refractivity contribution in [2.45, 2.75) is 25.8 Å². The van der Waals surface area contributed by atoms with Gasteiger partial charge in [-0.1, -0.05) is 42.5 Å². The third-order valence-electron chi connectivity index (χ3n) is 4.61. The van der Waals surface area contributed by atoms with Crippen LogP contribution in [0.25, 0.3) is 10.8 Å². The van der Waals surface area contributed by atoms with Crippen LogP contribution in [0.4, 0.5) is 0 Å². The highest BCUT2D eigenvalue weighted by atomic mass is 16.4. The van der Waals surface area contributed by atoms with Gasteiger partial charge in [-0.3, -0.25) is 9.59 Å². The number of hydrogen-bond acceptors (Lipinski definition) is 2. The van der Waals surface area contributed by atoms with Crippen molar-refractivity contribution in [1.82, 2.24) is 4.90 Å². The number of nitrogens with zero attached hydrogens (tertiary/aromatic N) is 1. The molecule has 2 aromatic carbocycles. The molecule has 2 atom stereocenters. The van der Waals surface area contributed by atoms with Crippen LogP contribution in [0.2, 0.25) is 0 Å². The average Bonchev–Trinajstić information content (AvgIpc) is 2.89. The summed E-state index contributed by atoms with van der Waals surface area (Å²) in [5, 5.41) is 11.4. The topological polar surface area (TPSA) is 57.6 Å². The van der Waals surface area contributed by atoms with E-state index in [9.17, 15) is 14.7 Å². The fraction of sp³-hybridized carbons (Fsp3) is 0.333. The van der Waals surface area contributed by atoms with Crippen molar-refractivity contribution in [3.05, 3.63) is 48.0 Å². The first-order valence-corrected chi connectivity index (χ1v) is 7.57. The van der Waals surface area contributed by atoms with E-state index < -0.39 is 11.9 Å². The number of fused-ring (bicyclic) bond motifs is 1. The molecule has 4 nitrogen and oxygen atoms in total. The fourth-order valence-electron chi connectivity index (χ4n) is 3.33. The number of carbonyl (C=O) groups is 2. The zero-order valence-corrected chi connectivity index (χ0v) is 12.5. The Labute approximate surface area is 129 Å². The minimum atomic E-state index is -0.812. The van der Waals surface area contributed by atoms with Crippen molar-refractivity contribution in [2.75, 3.05) is 6.54 Å². The molecule has 1 aliphatic heterocycles. The van der Waals surface area contributed by atoms with Gasteiger partial charge in [-0.05, 0) is 29.7 Å². The van der Waals surface area contributed by atoms with E-state index in [4.69, 9.17) is 0 Å². The highest BCUT2D eigenvalue weighted by Gasteiger charge is 2.37. The third-order valence-corrected chi connectivity index (χ3v) is 4.61. The predicted molar refractivity (Wildman–Crippen MR) is 84.6 cm³/mol. The first kappa shape index (κ1) is 14.6. The SMILES string of the molecule is CC1C(C(=O)O)CCN1C(=O)Cc1cccc2ccccc12. The molecular formula is C18H19NO3. The molecule has 0 bridgehead atoms. The molecule has 1 aliphatic rings. The number of likely N-dealkylation sites (tertiary alicyclic amines) is 1. The Morgan fingerprint density at radius 2 is 1.91 bits per heavy atom. The van der Waals surface area contributed by atoms with Gasteiger partial charge in [0.15, 0.2) is 0 Å². The maximum atomic E-state index is 12.6. The molecule has 1 N–H and O–H groups in total. The Kier molecular flexibility index (Phi) is 3.84. The van der Waals surface area contributed by atoms with Crippen molar-refractivity contribution in [1.29, 1.82) is 0 Å². The van der Waals surface area contributed by atoms with Crippen LogP contribution >= 0.6 is 0 Å². The van der Waals surface area contributed by atoms with E-state index in [2.05, 4.69) is 0 Å². The van der Waals surface area contributed by atoms with Crippen molar-refractivity contribution in [2.24, 2.45) is 5.92 Å². The van der Waals surface area contributed by atoms with Gasteiger partial charge in [0.05, 0.1) is 12.3 Å². The molecule has 114 valence electrons. The van der Waals surface area contributed by atoms with Crippen LogP contribution in [0.15, 0.2) is 42.5 Å². The van der Waals surface area contributed by atoms with E-state index in [-0.39, 0.29) is 11.9 Å². The summed E-state index contributed by atoms with van der Waals surface area (Å²) >= 11 is 0. The number of benzene rings is 2. The number of aliphatic carboxylic acids is 1. The molecule has 2 unspecified atom stereocenters. The number of hydrogen-bond donors (Lipinski definition) is 1. The van der Waals surface area contributed by atoms with Crippen molar-refractivity contribution < 1.29 is 14.7 Å². The molecule has 0 aliphatic carbocycles. The van der Waals surface area contributed by atoms with E-state index >= 15 is 0 Å². The Bertz CT molecular complexity index is 720. The summed E-state index contributed by atoms with van der Waals surface area (Å²) in [6.45, 7) is 2.36. The second kappa shape index (κ2) is 5.79. The fourth-order valence-corrected chi connectivity index (χ4v) is 3.33. The Morgan fingerprint density at radius 1 is 1.18 bits per heavy atom. The molecule has 3 rings (SSSR count). The summed E-state index contributed by atoms with van der Waals surface area (Å²) in [6, 6.07) is 13.7. The highest BCUT2D eigenvalue weighted by Crippen LogP contribution is 2.26. The lowest BCUT2D eigenvalue weighted by Gasteiger charge is -2.23. The summed E-state index contributed by atoms with van der Waals surface area (Å²) in [5.74, 6) is -1.25. The second-order valence-corrected chi connectivity index (χ2v) is 5.88. The Morgan fingerprint density at radius 3 is 2.64 bits per heavy atom. The maximum absolute atomic E-state index is 12.6. The van der Waals surface area contributed by atoms with E-state index in [0.717, 1.165) is 16.3 Å². The lowest BCUT2D eigenvalue weighted by Crippen LogP contribution is -2.38. The second-order valence-electron chi connectivity index (χ2n) is 5.88. The number of carboxylic acids is 1. The molecule has 2 aromatic rings. The number of amides is 1. The van der Waals surface area contributed by atoms with Crippen molar-refractivity contribution in [3.63, 3.8) is 0 Å². The molecule has 1 saturated heterocycles. The minimum absolute atomic E-state index is 0.00704. The van der Waals surface area contributed by atoms with Gasteiger partial charge in [0, 0.05) is 12.6 Å². The zero-order valence-electron chi connectivity index (χ0n) is 12.5. The molecule has 1 heterocycles. The highest BCUT2D eigenvalue weighted by molar-refractivity contribution is 5.90. The van der Waals surface area contributed by atoms with E-state index in [0.29, 0.717) is 19.4 Å². The van der Waals surface area contributed by atoms with Crippen LogP contribution in [0.5, 0.6) is 0 Å². The largest absolute Gasteiger partial charge is 0.481 e. The van der Waals surface area contributed by atoms with Crippen LogP contribution in [0, 0.1) is 5.92 Å². The van der Waals surface area contributed by atoms with E-state index in [1.807, 2.05) is 49.4 Å². The number of carbonyl (C=O) groups excluding carboxylic acids is 1. The first-order chi connectivity index (χ1) is 10.6. The van der Waals surface area contributed by atoms with Gasteiger partial charge in [0.1, 0.15) is 0 Å². The maximum Gasteiger partial charge on any atom is 0.308 e. The van der Waals surface area contributed by atoms with Gasteiger partial charge >= 0.3 is 5.97 Å². The quantitative estimate of drug-likeness (QED) is 0.947. The summed E-state index contributed by atoms with van der Waals surface area (Å²) in [4.78, 5) is 25.5. The average molecular weight is 297 g/mol. The van der Waals surface area contributed by atoms with E-state index in [1.54, 1.807) is 4.90 Å². The van der Waals surface area contributed by atoms with Gasteiger partial charge in [-0.25, -0.2) is 0 Å². The summed E-state index contributed by atoms with van der Waals surface area (Å²) in [6.07, 6.45) is 0.857. The summed E-state index contributed by atoms with van der Waals surface area (Å²) in [5.41, 5.74) is 0.995. The molecule has 0 radical (unpaired) electrons. The first-order valence-electron chi connectivity index (χ1n) is 7.57. The molecular weight excluding hydrogens is 278 g/mol. The molecule has 4 heteroatoms. The smallest absolute Gasteiger partial charge is 0.308 e. The van der Waals surface area contributed by atoms with Crippen LogP contribution in [-0.4, -0.2) is 34.5 Å². The summed E-state index contributed by atoms with van der Waals surface area (Å²) in [7, 11) is 0. The molecule has 0 spiro atoms. The molecule has 0 aromatic heterocycles.